The Morgan fingerprint density at radius 3 is 2.15 bits per heavy atom. The summed E-state index contributed by atoms with van der Waals surface area (Å²) in [6.45, 7) is 14.5. The molecule has 6 heteroatoms. The number of carbonyl (C=O) groups is 1. The Labute approximate surface area is 125 Å². The summed E-state index contributed by atoms with van der Waals surface area (Å²) in [5.41, 5.74) is 0. The van der Waals surface area contributed by atoms with E-state index in [4.69, 9.17) is 10.4 Å². The van der Waals surface area contributed by atoms with E-state index in [1.165, 1.54) is 6.04 Å². The maximum Gasteiger partial charge on any atom is 0.303 e. The maximum absolute atomic E-state index is 10.8. The van der Waals surface area contributed by atoms with Gasteiger partial charge >= 0.3 is 5.97 Å². The highest BCUT2D eigenvalue weighted by atomic mass is 28.3. The van der Waals surface area contributed by atoms with Crippen molar-refractivity contribution >= 4 is 22.1 Å². The van der Waals surface area contributed by atoms with Crippen molar-refractivity contribution < 1.29 is 20.0 Å². The fourth-order valence-corrected chi connectivity index (χ4v) is 11.4. The molecule has 0 fully saturated rings. The molecule has 0 amide bonds. The van der Waals surface area contributed by atoms with Gasteiger partial charge in [0.25, 0.3) is 0 Å². The van der Waals surface area contributed by atoms with Crippen LogP contribution in [0.2, 0.25) is 49.4 Å². The molecule has 4 nitrogen and oxygen atoms in total. The molecule has 0 aromatic carbocycles. The number of aliphatic carboxylic acids is 1. The predicted octanol–water partition coefficient (Wildman–Crippen LogP) is 4.54. The van der Waals surface area contributed by atoms with Crippen LogP contribution in [-0.2, 0) is 9.68 Å². The van der Waals surface area contributed by atoms with Gasteiger partial charge in [0.1, 0.15) is 0 Å². The van der Waals surface area contributed by atoms with Gasteiger partial charge in [-0.05, 0) is 17.5 Å². The minimum atomic E-state index is -1.49. The van der Waals surface area contributed by atoms with Gasteiger partial charge in [0.2, 0.25) is 0 Å². The van der Waals surface area contributed by atoms with Gasteiger partial charge in [0.05, 0.1) is 14.7 Å². The lowest BCUT2D eigenvalue weighted by Gasteiger charge is -2.44. The van der Waals surface area contributed by atoms with Gasteiger partial charge in [-0.2, -0.15) is 0 Å². The summed E-state index contributed by atoms with van der Waals surface area (Å²) in [7, 11) is -2.92. The SMILES string of the molecule is CC(C)(C[Si](C)(C)CCC(=O)O)[Si](C)(C)CCCOO. The van der Waals surface area contributed by atoms with Gasteiger partial charge < -0.3 is 5.11 Å². The van der Waals surface area contributed by atoms with Crippen LogP contribution in [0.15, 0.2) is 0 Å². The molecule has 0 unspecified atom stereocenters. The third kappa shape index (κ3) is 7.01. The summed E-state index contributed by atoms with van der Waals surface area (Å²) in [6, 6.07) is 3.16. The van der Waals surface area contributed by atoms with Gasteiger partial charge in [0.15, 0.2) is 0 Å². The van der Waals surface area contributed by atoms with Crippen molar-refractivity contribution in [3.8, 4) is 0 Å². The van der Waals surface area contributed by atoms with E-state index in [9.17, 15) is 4.79 Å². The lowest BCUT2D eigenvalue weighted by atomic mass is 10.2. The van der Waals surface area contributed by atoms with Crippen molar-refractivity contribution in [1.82, 2.24) is 0 Å². The summed E-state index contributed by atoms with van der Waals surface area (Å²) in [6.07, 6.45) is 1.20. The Bertz CT molecular complexity index is 314. The first kappa shape index (κ1) is 19.8. The molecule has 0 aliphatic heterocycles. The molecule has 0 spiro atoms. The zero-order valence-corrected chi connectivity index (χ0v) is 16.0. The summed E-state index contributed by atoms with van der Waals surface area (Å²) in [4.78, 5) is 15.0. The zero-order valence-electron chi connectivity index (χ0n) is 14.0. The topological polar surface area (TPSA) is 66.8 Å². The van der Waals surface area contributed by atoms with E-state index in [2.05, 4.69) is 44.9 Å². The fraction of sp³-hybridized carbons (Fsp3) is 0.929. The second-order valence-corrected chi connectivity index (χ2v) is 18.7. The van der Waals surface area contributed by atoms with Crippen LogP contribution in [0.3, 0.4) is 0 Å². The number of rotatable bonds is 10. The highest BCUT2D eigenvalue weighted by Gasteiger charge is 2.42. The summed E-state index contributed by atoms with van der Waals surface area (Å²) < 4.78 is 0. The number of carboxylic acids is 1. The normalized spacial score (nSPS) is 13.6. The highest BCUT2D eigenvalue weighted by Crippen LogP contribution is 2.47. The zero-order chi connectivity index (χ0) is 16.0. The van der Waals surface area contributed by atoms with E-state index in [1.807, 2.05) is 0 Å². The van der Waals surface area contributed by atoms with Crippen molar-refractivity contribution in [2.24, 2.45) is 0 Å². The molecule has 0 aromatic rings. The third-order valence-corrected chi connectivity index (χ3v) is 14.0. The van der Waals surface area contributed by atoms with E-state index in [1.54, 1.807) is 0 Å². The van der Waals surface area contributed by atoms with Gasteiger partial charge in [-0.25, -0.2) is 4.89 Å². The average Bonchev–Trinajstić information content (AvgIpc) is 2.25. The Morgan fingerprint density at radius 2 is 1.70 bits per heavy atom. The summed E-state index contributed by atoms with van der Waals surface area (Å²) >= 11 is 0. The lowest BCUT2D eigenvalue weighted by Crippen LogP contribution is -2.44. The number of hydrogen-bond acceptors (Lipinski definition) is 3. The predicted molar refractivity (Wildman–Crippen MR) is 88.9 cm³/mol. The van der Waals surface area contributed by atoms with Gasteiger partial charge in [-0.15, -0.1) is 0 Å². The van der Waals surface area contributed by atoms with E-state index < -0.39 is 22.1 Å². The molecule has 20 heavy (non-hydrogen) atoms. The molecule has 0 bridgehead atoms. The standard InChI is InChI=1S/C14H32O4Si2/c1-14(2,20(5,6)10-7-9-18-17)12-19(3,4)11-8-13(15)16/h17H,7-12H2,1-6H3,(H,15,16). The number of hydrogen-bond donors (Lipinski definition) is 2. The maximum atomic E-state index is 10.8. The Kier molecular flexibility index (Phi) is 7.66. The molecule has 0 radical (unpaired) electrons. The van der Waals surface area contributed by atoms with E-state index in [0.717, 1.165) is 18.5 Å². The molecule has 2 N–H and O–H groups in total. The van der Waals surface area contributed by atoms with Crippen LogP contribution < -0.4 is 0 Å². The van der Waals surface area contributed by atoms with Crippen LogP contribution in [0, 0.1) is 0 Å². The van der Waals surface area contributed by atoms with Gasteiger partial charge in [0, 0.05) is 14.5 Å². The quantitative estimate of drug-likeness (QED) is 0.268. The Hall–Kier alpha value is -0.176. The minimum absolute atomic E-state index is 0.288. The van der Waals surface area contributed by atoms with Gasteiger partial charge in [-0.1, -0.05) is 52.1 Å². The highest BCUT2D eigenvalue weighted by molar-refractivity contribution is 6.84. The second-order valence-electron chi connectivity index (χ2n) is 7.94. The molecule has 0 atom stereocenters. The fourth-order valence-electron chi connectivity index (χ4n) is 2.89. The largest absolute Gasteiger partial charge is 0.481 e. The minimum Gasteiger partial charge on any atom is -0.481 e. The van der Waals surface area contributed by atoms with Crippen LogP contribution in [0.4, 0.5) is 0 Å². The van der Waals surface area contributed by atoms with E-state index in [0.29, 0.717) is 13.0 Å². The molecule has 0 saturated heterocycles. The molecular weight excluding hydrogens is 288 g/mol. The van der Waals surface area contributed by atoms with E-state index in [-0.39, 0.29) is 5.04 Å². The molecule has 120 valence electrons. The lowest BCUT2D eigenvalue weighted by molar-refractivity contribution is -0.241. The smallest absolute Gasteiger partial charge is 0.303 e. The van der Waals surface area contributed by atoms with Crippen molar-refractivity contribution in [2.45, 2.75) is 76.0 Å². The first-order valence-electron chi connectivity index (χ1n) is 7.42. The first-order valence-corrected chi connectivity index (χ1v) is 14.0. The molecule has 0 aliphatic rings. The third-order valence-electron chi connectivity index (χ3n) is 4.81. The van der Waals surface area contributed by atoms with Crippen LogP contribution in [-0.4, -0.2) is 39.1 Å². The average molecular weight is 321 g/mol. The first-order chi connectivity index (χ1) is 8.93. The summed E-state index contributed by atoms with van der Waals surface area (Å²) in [5, 5.41) is 17.6. The van der Waals surface area contributed by atoms with E-state index >= 15 is 0 Å². The van der Waals surface area contributed by atoms with Gasteiger partial charge in [-0.3, -0.25) is 10.1 Å². The molecule has 0 heterocycles. The van der Waals surface area contributed by atoms with Crippen molar-refractivity contribution in [3.63, 3.8) is 0 Å². The molecule has 0 aliphatic carbocycles. The second kappa shape index (κ2) is 7.72. The monoisotopic (exact) mass is 320 g/mol. The van der Waals surface area contributed by atoms with Crippen molar-refractivity contribution in [1.29, 1.82) is 0 Å². The molecule has 0 aromatic heterocycles. The molecule has 0 saturated carbocycles. The Morgan fingerprint density at radius 1 is 1.15 bits per heavy atom. The summed E-state index contributed by atoms with van der Waals surface area (Å²) in [5.74, 6) is -0.681. The van der Waals surface area contributed by atoms with Crippen molar-refractivity contribution in [2.75, 3.05) is 6.61 Å². The number of carboxylic acid groups (broad SMARTS) is 1. The Balaban J connectivity index is 4.64. The molecule has 0 rings (SSSR count). The van der Waals surface area contributed by atoms with Crippen LogP contribution in [0.25, 0.3) is 0 Å². The van der Waals surface area contributed by atoms with Crippen molar-refractivity contribution in [3.05, 3.63) is 0 Å². The van der Waals surface area contributed by atoms with Crippen LogP contribution in [0.1, 0.15) is 26.7 Å². The van der Waals surface area contributed by atoms with Crippen LogP contribution >= 0.6 is 0 Å². The van der Waals surface area contributed by atoms with Crippen LogP contribution in [0.5, 0.6) is 0 Å². The molecular formula is C14H32O4Si2.